The molecule has 0 saturated heterocycles. The number of hydrogen-bond donors (Lipinski definition) is 2. The molecule has 1 amide bonds. The molecule has 0 atom stereocenters. The summed E-state index contributed by atoms with van der Waals surface area (Å²) in [4.78, 5) is 25.2. The van der Waals surface area contributed by atoms with Gasteiger partial charge in [0, 0.05) is 12.7 Å². The highest BCUT2D eigenvalue weighted by atomic mass is 19.1. The van der Waals surface area contributed by atoms with E-state index in [1.807, 2.05) is 13.8 Å². The molecule has 0 fully saturated rings. The highest BCUT2D eigenvalue weighted by Gasteiger charge is 2.33. The zero-order valence-electron chi connectivity index (χ0n) is 14.6. The SMILES string of the molecule is CCC(CC)(CN)C(=O)Nc1cccn(Cc2ccc(F)cc2)c1=O. The quantitative estimate of drug-likeness (QED) is 0.810. The van der Waals surface area contributed by atoms with Crippen molar-refractivity contribution >= 4 is 11.6 Å². The van der Waals surface area contributed by atoms with Crippen molar-refractivity contribution < 1.29 is 9.18 Å². The zero-order valence-corrected chi connectivity index (χ0v) is 14.6. The smallest absolute Gasteiger partial charge is 0.274 e. The second kappa shape index (κ2) is 8.07. The van der Waals surface area contributed by atoms with Crippen LogP contribution in [-0.2, 0) is 11.3 Å². The lowest BCUT2D eigenvalue weighted by molar-refractivity contribution is -0.125. The van der Waals surface area contributed by atoms with Gasteiger partial charge in [0.05, 0.1) is 12.0 Å². The van der Waals surface area contributed by atoms with Crippen molar-refractivity contribution in [1.29, 1.82) is 0 Å². The summed E-state index contributed by atoms with van der Waals surface area (Å²) in [5.41, 5.74) is 5.82. The minimum Gasteiger partial charge on any atom is -0.329 e. The Morgan fingerprint density at radius 1 is 1.20 bits per heavy atom. The molecule has 2 rings (SSSR count). The molecule has 0 spiro atoms. The van der Waals surface area contributed by atoms with Crippen LogP contribution in [0.4, 0.5) is 10.1 Å². The van der Waals surface area contributed by atoms with Crippen LogP contribution in [-0.4, -0.2) is 17.0 Å². The highest BCUT2D eigenvalue weighted by molar-refractivity contribution is 5.95. The summed E-state index contributed by atoms with van der Waals surface area (Å²) in [5.74, 6) is -0.564. The van der Waals surface area contributed by atoms with Crippen LogP contribution in [0.1, 0.15) is 32.3 Å². The number of halogens is 1. The van der Waals surface area contributed by atoms with Crippen LogP contribution in [0.3, 0.4) is 0 Å². The van der Waals surface area contributed by atoms with Crippen LogP contribution >= 0.6 is 0 Å². The molecule has 6 heteroatoms. The van der Waals surface area contributed by atoms with Gasteiger partial charge in [0.15, 0.2) is 0 Å². The number of benzene rings is 1. The maximum Gasteiger partial charge on any atom is 0.274 e. The molecule has 0 unspecified atom stereocenters. The first-order chi connectivity index (χ1) is 12.0. The van der Waals surface area contributed by atoms with Crippen molar-refractivity contribution in [2.75, 3.05) is 11.9 Å². The first kappa shape index (κ1) is 18.9. The number of nitrogens with zero attached hydrogens (tertiary/aromatic N) is 1. The van der Waals surface area contributed by atoms with Crippen LogP contribution in [0.25, 0.3) is 0 Å². The standard InChI is InChI=1S/C19H24FN3O2/c1-3-19(4-2,13-21)18(25)22-16-6-5-11-23(17(16)24)12-14-7-9-15(20)10-8-14/h5-11H,3-4,12-13,21H2,1-2H3,(H,22,25). The summed E-state index contributed by atoms with van der Waals surface area (Å²) < 4.78 is 14.5. The normalized spacial score (nSPS) is 11.4. The van der Waals surface area contributed by atoms with Gasteiger partial charge in [-0.05, 0) is 42.7 Å². The molecule has 134 valence electrons. The van der Waals surface area contributed by atoms with Crippen LogP contribution in [0, 0.1) is 11.2 Å². The van der Waals surface area contributed by atoms with Gasteiger partial charge in [-0.2, -0.15) is 0 Å². The van der Waals surface area contributed by atoms with Gasteiger partial charge in [0.25, 0.3) is 5.56 Å². The molecule has 1 aromatic heterocycles. The number of aromatic nitrogens is 1. The van der Waals surface area contributed by atoms with E-state index in [-0.39, 0.29) is 29.5 Å². The number of nitrogens with one attached hydrogen (secondary N) is 1. The number of hydrogen-bond acceptors (Lipinski definition) is 3. The van der Waals surface area contributed by atoms with Crippen molar-refractivity contribution in [3.63, 3.8) is 0 Å². The lowest BCUT2D eigenvalue weighted by Crippen LogP contribution is -2.42. The fourth-order valence-electron chi connectivity index (χ4n) is 2.75. The van der Waals surface area contributed by atoms with Crippen molar-refractivity contribution in [1.82, 2.24) is 4.57 Å². The molecule has 0 bridgehead atoms. The van der Waals surface area contributed by atoms with Crippen LogP contribution < -0.4 is 16.6 Å². The summed E-state index contributed by atoms with van der Waals surface area (Å²) >= 11 is 0. The van der Waals surface area contributed by atoms with E-state index in [2.05, 4.69) is 5.32 Å². The van der Waals surface area contributed by atoms with Crippen molar-refractivity contribution in [2.24, 2.45) is 11.1 Å². The Kier molecular flexibility index (Phi) is 6.09. The van der Waals surface area contributed by atoms with E-state index in [4.69, 9.17) is 5.73 Å². The molecule has 2 aromatic rings. The zero-order chi connectivity index (χ0) is 18.4. The topological polar surface area (TPSA) is 77.1 Å². The van der Waals surface area contributed by atoms with E-state index in [1.54, 1.807) is 30.5 Å². The molecule has 25 heavy (non-hydrogen) atoms. The van der Waals surface area contributed by atoms with Crippen molar-refractivity contribution in [2.45, 2.75) is 33.2 Å². The van der Waals surface area contributed by atoms with Crippen molar-refractivity contribution in [3.05, 3.63) is 64.3 Å². The predicted octanol–water partition coefficient (Wildman–Crippen LogP) is 2.74. The Labute approximate surface area is 146 Å². The van der Waals surface area contributed by atoms with E-state index in [9.17, 15) is 14.0 Å². The van der Waals surface area contributed by atoms with E-state index in [0.29, 0.717) is 19.4 Å². The van der Waals surface area contributed by atoms with Gasteiger partial charge >= 0.3 is 0 Å². The first-order valence-electron chi connectivity index (χ1n) is 8.41. The number of anilines is 1. The van der Waals surface area contributed by atoms with Gasteiger partial charge < -0.3 is 15.6 Å². The Morgan fingerprint density at radius 2 is 1.84 bits per heavy atom. The van der Waals surface area contributed by atoms with Gasteiger partial charge in [0.2, 0.25) is 5.91 Å². The van der Waals surface area contributed by atoms with Crippen molar-refractivity contribution in [3.8, 4) is 0 Å². The Balaban J connectivity index is 2.25. The van der Waals surface area contributed by atoms with E-state index < -0.39 is 5.41 Å². The molecule has 3 N–H and O–H groups in total. The predicted molar refractivity (Wildman–Crippen MR) is 96.9 cm³/mol. The third kappa shape index (κ3) is 4.14. The first-order valence-corrected chi connectivity index (χ1v) is 8.41. The summed E-state index contributed by atoms with van der Waals surface area (Å²) in [5, 5.41) is 2.73. The maximum atomic E-state index is 13.0. The minimum atomic E-state index is -0.677. The molecule has 0 aliphatic carbocycles. The van der Waals surface area contributed by atoms with Gasteiger partial charge in [-0.3, -0.25) is 9.59 Å². The fraction of sp³-hybridized carbons (Fsp3) is 0.368. The lowest BCUT2D eigenvalue weighted by atomic mass is 9.81. The van der Waals surface area contributed by atoms with Gasteiger partial charge in [-0.1, -0.05) is 26.0 Å². The Morgan fingerprint density at radius 3 is 2.40 bits per heavy atom. The number of carbonyl (C=O) groups excluding carboxylic acids is 1. The van der Waals surface area contributed by atoms with Gasteiger partial charge in [-0.25, -0.2) is 4.39 Å². The Hall–Kier alpha value is -2.47. The van der Waals surface area contributed by atoms with E-state index >= 15 is 0 Å². The van der Waals surface area contributed by atoms with Gasteiger partial charge in [0.1, 0.15) is 11.5 Å². The molecule has 0 radical (unpaired) electrons. The van der Waals surface area contributed by atoms with E-state index in [0.717, 1.165) is 5.56 Å². The summed E-state index contributed by atoms with van der Waals surface area (Å²) in [6, 6.07) is 9.23. The number of nitrogens with two attached hydrogens (primary N) is 1. The maximum absolute atomic E-state index is 13.0. The molecular formula is C19H24FN3O2. The third-order valence-corrected chi connectivity index (χ3v) is 4.76. The number of pyridine rings is 1. The molecular weight excluding hydrogens is 321 g/mol. The van der Waals surface area contributed by atoms with Crippen LogP contribution in [0.15, 0.2) is 47.4 Å². The summed E-state index contributed by atoms with van der Waals surface area (Å²) in [7, 11) is 0. The second-order valence-corrected chi connectivity index (χ2v) is 6.13. The molecule has 0 aliphatic heterocycles. The van der Waals surface area contributed by atoms with E-state index in [1.165, 1.54) is 16.7 Å². The average Bonchev–Trinajstić information content (AvgIpc) is 2.62. The van der Waals surface area contributed by atoms with Crippen LogP contribution in [0.2, 0.25) is 0 Å². The Bertz CT molecular complexity index is 772. The lowest BCUT2D eigenvalue weighted by Gasteiger charge is -2.28. The largest absolute Gasteiger partial charge is 0.329 e. The monoisotopic (exact) mass is 345 g/mol. The molecule has 1 aromatic carbocycles. The summed E-state index contributed by atoms with van der Waals surface area (Å²) in [6.45, 7) is 4.34. The van der Waals surface area contributed by atoms with Crippen LogP contribution in [0.5, 0.6) is 0 Å². The molecule has 0 aliphatic rings. The molecule has 1 heterocycles. The third-order valence-electron chi connectivity index (χ3n) is 4.76. The number of amides is 1. The average molecular weight is 345 g/mol. The number of rotatable bonds is 7. The molecule has 0 saturated carbocycles. The van der Waals surface area contributed by atoms with Gasteiger partial charge in [-0.15, -0.1) is 0 Å². The molecule has 5 nitrogen and oxygen atoms in total. The number of carbonyl (C=O) groups is 1. The summed E-state index contributed by atoms with van der Waals surface area (Å²) in [6.07, 6.45) is 2.84. The fourth-order valence-corrected chi connectivity index (χ4v) is 2.75. The second-order valence-electron chi connectivity index (χ2n) is 6.13. The highest BCUT2D eigenvalue weighted by Crippen LogP contribution is 2.26. The minimum absolute atomic E-state index is 0.217.